The minimum absolute atomic E-state index is 0.639. The maximum absolute atomic E-state index is 2.71. The number of unbranched alkanes of at least 4 members (excludes halogenated alkanes) is 30. The number of nitrogens with zero attached hydrogens (tertiary/aromatic N) is 2. The Morgan fingerprint density at radius 1 is 0.295 bits per heavy atom. The third kappa shape index (κ3) is 25.5. The SMILES string of the molecule is CCCCCCCCCCCCCCCCCCC1N(CCCCCC)C=CN1CCCCCCCCCCCCCCC. The molecule has 0 aromatic carbocycles. The average molecular weight is 617 g/mol. The number of rotatable bonds is 36. The third-order valence-electron chi connectivity index (χ3n) is 10.3. The topological polar surface area (TPSA) is 6.48 Å². The van der Waals surface area contributed by atoms with Crippen molar-refractivity contribution in [2.75, 3.05) is 13.1 Å². The van der Waals surface area contributed by atoms with Crippen LogP contribution in [-0.4, -0.2) is 29.1 Å². The first kappa shape index (κ1) is 41.4. The molecule has 0 amide bonds. The first-order valence-corrected chi connectivity index (χ1v) is 21.0. The van der Waals surface area contributed by atoms with E-state index in [1.807, 2.05) is 0 Å². The van der Waals surface area contributed by atoms with Crippen molar-refractivity contribution in [2.45, 2.75) is 245 Å². The molecule has 0 N–H and O–H groups in total. The minimum atomic E-state index is 0.639. The maximum atomic E-state index is 2.71. The molecule has 0 bridgehead atoms. The summed E-state index contributed by atoms with van der Waals surface area (Å²) >= 11 is 0. The van der Waals surface area contributed by atoms with E-state index < -0.39 is 0 Å². The first-order chi connectivity index (χ1) is 21.8. The lowest BCUT2D eigenvalue weighted by Gasteiger charge is -2.33. The Morgan fingerprint density at radius 2 is 0.523 bits per heavy atom. The zero-order valence-corrected chi connectivity index (χ0v) is 31.1. The molecule has 0 aromatic heterocycles. The highest BCUT2D eigenvalue weighted by Gasteiger charge is 2.24. The fraction of sp³-hybridized carbons (Fsp3) is 0.952. The minimum Gasteiger partial charge on any atom is -0.356 e. The van der Waals surface area contributed by atoms with Crippen LogP contribution in [0.4, 0.5) is 0 Å². The Morgan fingerprint density at radius 3 is 0.818 bits per heavy atom. The Labute approximate surface area is 280 Å². The molecule has 2 heteroatoms. The molecule has 1 rings (SSSR count). The lowest BCUT2D eigenvalue weighted by Crippen LogP contribution is -2.39. The summed E-state index contributed by atoms with van der Waals surface area (Å²) in [5, 5.41) is 0. The largest absolute Gasteiger partial charge is 0.356 e. The molecule has 1 aliphatic rings. The van der Waals surface area contributed by atoms with E-state index in [4.69, 9.17) is 0 Å². The van der Waals surface area contributed by atoms with Gasteiger partial charge in [-0.05, 0) is 25.7 Å². The van der Waals surface area contributed by atoms with Crippen molar-refractivity contribution < 1.29 is 0 Å². The molecule has 1 atom stereocenters. The van der Waals surface area contributed by atoms with Crippen molar-refractivity contribution in [3.05, 3.63) is 12.4 Å². The van der Waals surface area contributed by atoms with Crippen LogP contribution in [0.25, 0.3) is 0 Å². The van der Waals surface area contributed by atoms with Gasteiger partial charge < -0.3 is 9.80 Å². The van der Waals surface area contributed by atoms with E-state index in [9.17, 15) is 0 Å². The quantitative estimate of drug-likeness (QED) is 0.0646. The molecule has 44 heavy (non-hydrogen) atoms. The zero-order valence-electron chi connectivity index (χ0n) is 31.1. The number of hydrogen-bond donors (Lipinski definition) is 0. The van der Waals surface area contributed by atoms with Gasteiger partial charge in [0.2, 0.25) is 0 Å². The van der Waals surface area contributed by atoms with Gasteiger partial charge in [0.05, 0.1) is 0 Å². The summed E-state index contributed by atoms with van der Waals surface area (Å²) in [4.78, 5) is 5.41. The molecule has 0 fully saturated rings. The van der Waals surface area contributed by atoms with Crippen LogP contribution < -0.4 is 0 Å². The molecule has 262 valence electrons. The highest BCUT2D eigenvalue weighted by molar-refractivity contribution is 4.97. The monoisotopic (exact) mass is 617 g/mol. The molecule has 0 saturated carbocycles. The molecule has 0 radical (unpaired) electrons. The van der Waals surface area contributed by atoms with Crippen LogP contribution >= 0.6 is 0 Å². The second kappa shape index (κ2) is 33.7. The van der Waals surface area contributed by atoms with E-state index in [2.05, 4.69) is 43.0 Å². The Hall–Kier alpha value is -0.660. The molecule has 1 aliphatic heterocycles. The molecule has 1 unspecified atom stereocenters. The van der Waals surface area contributed by atoms with Crippen molar-refractivity contribution in [2.24, 2.45) is 0 Å². The van der Waals surface area contributed by atoms with Crippen LogP contribution in [0.1, 0.15) is 239 Å². The van der Waals surface area contributed by atoms with E-state index in [0.29, 0.717) is 6.17 Å². The normalized spacial score (nSPS) is 14.8. The third-order valence-corrected chi connectivity index (χ3v) is 10.3. The van der Waals surface area contributed by atoms with Gasteiger partial charge in [0, 0.05) is 25.5 Å². The predicted molar refractivity (Wildman–Crippen MR) is 200 cm³/mol. The summed E-state index contributed by atoms with van der Waals surface area (Å²) in [5.41, 5.74) is 0. The van der Waals surface area contributed by atoms with E-state index in [1.165, 1.54) is 231 Å². The Balaban J connectivity index is 2.09. The van der Waals surface area contributed by atoms with Gasteiger partial charge in [-0.1, -0.05) is 213 Å². The fourth-order valence-corrected chi connectivity index (χ4v) is 7.25. The van der Waals surface area contributed by atoms with Crippen LogP contribution in [0.15, 0.2) is 12.4 Å². The van der Waals surface area contributed by atoms with Gasteiger partial charge >= 0.3 is 0 Å². The first-order valence-electron chi connectivity index (χ1n) is 21.0. The predicted octanol–water partition coefficient (Wildman–Crippen LogP) is 14.7. The molecule has 0 saturated heterocycles. The van der Waals surface area contributed by atoms with Gasteiger partial charge in [-0.25, -0.2) is 0 Å². The lowest BCUT2D eigenvalue weighted by molar-refractivity contribution is 0.135. The highest BCUT2D eigenvalue weighted by atomic mass is 15.4. The van der Waals surface area contributed by atoms with Crippen molar-refractivity contribution in [3.8, 4) is 0 Å². The van der Waals surface area contributed by atoms with Gasteiger partial charge in [0.1, 0.15) is 6.17 Å². The summed E-state index contributed by atoms with van der Waals surface area (Å²) in [6.07, 6.45) is 54.4. The van der Waals surface area contributed by atoms with Gasteiger partial charge in [-0.2, -0.15) is 0 Å². The Kier molecular flexibility index (Phi) is 31.7. The van der Waals surface area contributed by atoms with Gasteiger partial charge in [-0.15, -0.1) is 0 Å². The summed E-state index contributed by atoms with van der Waals surface area (Å²) in [5.74, 6) is 0. The van der Waals surface area contributed by atoms with E-state index >= 15 is 0 Å². The van der Waals surface area contributed by atoms with Crippen LogP contribution in [0.3, 0.4) is 0 Å². The standard InChI is InChI=1S/C42H84N2/c1-4-7-10-13-15-17-19-21-22-23-24-26-28-30-32-34-37-42-43(38-35-12-9-6-3)40-41-44(42)39-36-33-31-29-27-25-20-18-16-14-11-8-5-2/h40-42H,4-39H2,1-3H3. The second-order valence-electron chi connectivity index (χ2n) is 14.6. The maximum Gasteiger partial charge on any atom is 0.101 e. The van der Waals surface area contributed by atoms with Gasteiger partial charge in [0.15, 0.2) is 0 Å². The van der Waals surface area contributed by atoms with Crippen molar-refractivity contribution in [1.29, 1.82) is 0 Å². The van der Waals surface area contributed by atoms with E-state index in [-0.39, 0.29) is 0 Å². The molecule has 1 heterocycles. The van der Waals surface area contributed by atoms with Crippen LogP contribution in [0.5, 0.6) is 0 Å². The molecule has 0 spiro atoms. The van der Waals surface area contributed by atoms with Crippen LogP contribution in [0, 0.1) is 0 Å². The molecule has 0 aliphatic carbocycles. The van der Waals surface area contributed by atoms with Crippen LogP contribution in [0.2, 0.25) is 0 Å². The van der Waals surface area contributed by atoms with E-state index in [0.717, 1.165) is 0 Å². The van der Waals surface area contributed by atoms with Gasteiger partial charge in [0.25, 0.3) is 0 Å². The number of hydrogen-bond acceptors (Lipinski definition) is 2. The molecular formula is C42H84N2. The summed E-state index contributed by atoms with van der Waals surface area (Å²) < 4.78 is 0. The fourth-order valence-electron chi connectivity index (χ4n) is 7.25. The van der Waals surface area contributed by atoms with E-state index in [1.54, 1.807) is 0 Å². The zero-order chi connectivity index (χ0) is 31.6. The summed E-state index contributed by atoms with van der Waals surface area (Å²) in [6.45, 7) is 9.48. The molecule has 0 aromatic rings. The average Bonchev–Trinajstić information content (AvgIpc) is 3.42. The van der Waals surface area contributed by atoms with Crippen molar-refractivity contribution >= 4 is 0 Å². The van der Waals surface area contributed by atoms with Gasteiger partial charge in [-0.3, -0.25) is 0 Å². The van der Waals surface area contributed by atoms with Crippen molar-refractivity contribution in [3.63, 3.8) is 0 Å². The van der Waals surface area contributed by atoms with Crippen molar-refractivity contribution in [1.82, 2.24) is 9.80 Å². The van der Waals surface area contributed by atoms with Crippen LogP contribution in [-0.2, 0) is 0 Å². The lowest BCUT2D eigenvalue weighted by atomic mass is 10.0. The highest BCUT2D eigenvalue weighted by Crippen LogP contribution is 2.24. The summed E-state index contributed by atoms with van der Waals surface area (Å²) in [7, 11) is 0. The Bertz CT molecular complexity index is 572. The summed E-state index contributed by atoms with van der Waals surface area (Å²) in [6, 6.07) is 0. The molecule has 2 nitrogen and oxygen atoms in total. The smallest absolute Gasteiger partial charge is 0.101 e. The second-order valence-corrected chi connectivity index (χ2v) is 14.6. The molecular weight excluding hydrogens is 532 g/mol.